The Hall–Kier alpha value is -2.35. The summed E-state index contributed by atoms with van der Waals surface area (Å²) in [5, 5.41) is 0. The van der Waals surface area contributed by atoms with Gasteiger partial charge >= 0.3 is 0 Å². The number of benzene rings is 2. The van der Waals surface area contributed by atoms with E-state index >= 15 is 0 Å². The Morgan fingerprint density at radius 2 is 1.04 bits per heavy atom. The summed E-state index contributed by atoms with van der Waals surface area (Å²) in [5.74, 6) is 0. The van der Waals surface area contributed by atoms with Crippen LogP contribution in [0.3, 0.4) is 0 Å². The summed E-state index contributed by atoms with van der Waals surface area (Å²) in [5.41, 5.74) is 2.90. The minimum atomic E-state index is 0.0101. The number of hydrogen-bond donors (Lipinski definition) is 0. The van der Waals surface area contributed by atoms with Gasteiger partial charge in [0.25, 0.3) is 0 Å². The van der Waals surface area contributed by atoms with Gasteiger partial charge in [-0.15, -0.1) is 0 Å². The Kier molecular flexibility index (Phi) is 19.0. The number of imidazole rings is 1. The second kappa shape index (κ2) is 23.0. The first-order valence-electron chi connectivity index (χ1n) is 19.3. The number of unbranched alkanes of at least 4 members (excludes halogenated alkanes) is 18. The average molecular weight is 614 g/mol. The topological polar surface area (TPSA) is 8.81 Å². The van der Waals surface area contributed by atoms with Gasteiger partial charge in [0.05, 0.1) is 6.54 Å². The molecule has 0 saturated heterocycles. The van der Waals surface area contributed by atoms with Crippen molar-refractivity contribution in [1.82, 2.24) is 4.57 Å². The maximum absolute atomic E-state index is 2.58. The molecule has 0 N–H and O–H groups in total. The first-order chi connectivity index (χ1) is 22.2. The second-order valence-corrected chi connectivity index (χ2v) is 14.2. The van der Waals surface area contributed by atoms with Crippen molar-refractivity contribution < 1.29 is 4.57 Å². The lowest BCUT2D eigenvalue weighted by molar-refractivity contribution is -0.697. The normalized spacial score (nSPS) is 13.6. The smallest absolute Gasteiger partial charge is 0.237 e. The molecule has 45 heavy (non-hydrogen) atoms. The van der Waals surface area contributed by atoms with Crippen LogP contribution in [0.1, 0.15) is 173 Å². The quantitative estimate of drug-likeness (QED) is 0.0597. The van der Waals surface area contributed by atoms with E-state index in [9.17, 15) is 0 Å². The highest BCUT2D eigenvalue weighted by Gasteiger charge is 2.40. The third kappa shape index (κ3) is 14.3. The number of rotatable bonds is 27. The van der Waals surface area contributed by atoms with Gasteiger partial charge in [0.2, 0.25) is 6.33 Å². The van der Waals surface area contributed by atoms with Crippen LogP contribution in [-0.4, -0.2) is 4.57 Å². The molecule has 0 aliphatic heterocycles. The third-order valence-corrected chi connectivity index (χ3v) is 10.3. The van der Waals surface area contributed by atoms with Gasteiger partial charge in [0.15, 0.2) is 0 Å². The first-order valence-corrected chi connectivity index (χ1v) is 19.3. The molecule has 2 atom stereocenters. The van der Waals surface area contributed by atoms with E-state index in [1.165, 1.54) is 146 Å². The van der Waals surface area contributed by atoms with Crippen molar-refractivity contribution in [2.45, 2.75) is 180 Å². The molecule has 0 spiro atoms. The molecular formula is C43H69N2+. The molecule has 0 amide bonds. The van der Waals surface area contributed by atoms with Crippen molar-refractivity contribution >= 4 is 0 Å². The molecular weight excluding hydrogens is 544 g/mol. The molecule has 2 heteroatoms. The maximum Gasteiger partial charge on any atom is 0.244 e. The van der Waals surface area contributed by atoms with Crippen molar-refractivity contribution in [3.63, 3.8) is 0 Å². The summed E-state index contributed by atoms with van der Waals surface area (Å²) in [4.78, 5) is 0. The molecule has 3 aromatic rings. The summed E-state index contributed by atoms with van der Waals surface area (Å²) in [6.45, 7) is 8.27. The van der Waals surface area contributed by atoms with Crippen LogP contribution in [-0.2, 0) is 18.4 Å². The molecule has 0 fully saturated rings. The average Bonchev–Trinajstić information content (AvgIpc) is 3.53. The molecule has 3 rings (SSSR count). The highest BCUT2D eigenvalue weighted by Crippen LogP contribution is 2.41. The lowest BCUT2D eigenvalue weighted by Gasteiger charge is -2.37. The molecule has 0 bridgehead atoms. The second-order valence-electron chi connectivity index (χ2n) is 14.2. The Morgan fingerprint density at radius 1 is 0.578 bits per heavy atom. The van der Waals surface area contributed by atoms with Crippen molar-refractivity contribution in [2.24, 2.45) is 0 Å². The monoisotopic (exact) mass is 614 g/mol. The van der Waals surface area contributed by atoms with Crippen molar-refractivity contribution in [3.8, 4) is 0 Å². The number of nitrogens with zero attached hydrogens (tertiary/aromatic N) is 2. The van der Waals surface area contributed by atoms with E-state index < -0.39 is 0 Å². The number of aryl methyl sites for hydroxylation is 1. The molecule has 1 aromatic heterocycles. The zero-order valence-corrected chi connectivity index (χ0v) is 29.7. The molecule has 250 valence electrons. The van der Waals surface area contributed by atoms with Gasteiger partial charge < -0.3 is 0 Å². The van der Waals surface area contributed by atoms with Crippen LogP contribution in [0, 0.1) is 0 Å². The third-order valence-electron chi connectivity index (χ3n) is 10.3. The highest BCUT2D eigenvalue weighted by molar-refractivity contribution is 5.30. The fourth-order valence-corrected chi connectivity index (χ4v) is 7.38. The Bertz CT molecular complexity index is 1090. The van der Waals surface area contributed by atoms with Crippen LogP contribution in [0.15, 0.2) is 79.4 Å². The van der Waals surface area contributed by atoms with E-state index in [2.05, 4.69) is 109 Å². The zero-order valence-electron chi connectivity index (χ0n) is 29.7. The predicted molar refractivity (Wildman–Crippen MR) is 196 cm³/mol. The van der Waals surface area contributed by atoms with Gasteiger partial charge in [0, 0.05) is 5.41 Å². The summed E-state index contributed by atoms with van der Waals surface area (Å²) in [6.07, 6.45) is 37.2. The lowest BCUT2D eigenvalue weighted by Crippen LogP contribution is -2.38. The van der Waals surface area contributed by atoms with E-state index in [1.807, 2.05) is 0 Å². The summed E-state index contributed by atoms with van der Waals surface area (Å²) in [7, 11) is 0. The van der Waals surface area contributed by atoms with Crippen LogP contribution >= 0.6 is 0 Å². The molecule has 0 aliphatic rings. The number of hydrogen-bond acceptors (Lipinski definition) is 0. The van der Waals surface area contributed by atoms with Gasteiger partial charge in [-0.1, -0.05) is 191 Å². The van der Waals surface area contributed by atoms with E-state index in [1.54, 1.807) is 0 Å². The van der Waals surface area contributed by atoms with Gasteiger partial charge in [-0.2, -0.15) is 0 Å². The lowest BCUT2D eigenvalue weighted by atomic mass is 9.70. The van der Waals surface area contributed by atoms with E-state index in [0.29, 0.717) is 6.04 Å². The van der Waals surface area contributed by atoms with Crippen molar-refractivity contribution in [3.05, 3.63) is 90.5 Å². The van der Waals surface area contributed by atoms with E-state index in [4.69, 9.17) is 0 Å². The van der Waals surface area contributed by atoms with Crippen LogP contribution < -0.4 is 4.57 Å². The molecule has 0 radical (unpaired) electrons. The standard InChI is InChI=1S/C43H69N2/c1-4-6-8-10-12-13-14-15-16-17-18-19-20-28-34-42(45-37-36-44(39-45)35-29-21-11-9-7-5-2)43(3,41-32-26-23-27-33-41)38-40-30-24-22-25-31-40/h22-27,30-33,36-37,39,42H,4-21,28-29,34-35,38H2,1-3H3/q+1. The van der Waals surface area contributed by atoms with Gasteiger partial charge in [0.1, 0.15) is 18.4 Å². The summed E-state index contributed by atoms with van der Waals surface area (Å²) < 4.78 is 5.03. The maximum atomic E-state index is 2.58. The van der Waals surface area contributed by atoms with Crippen LogP contribution in [0.4, 0.5) is 0 Å². The predicted octanol–water partition coefficient (Wildman–Crippen LogP) is 12.7. The van der Waals surface area contributed by atoms with E-state index in [-0.39, 0.29) is 5.41 Å². The fourth-order valence-electron chi connectivity index (χ4n) is 7.38. The van der Waals surface area contributed by atoms with Crippen LogP contribution in [0.5, 0.6) is 0 Å². The fraction of sp³-hybridized carbons (Fsp3) is 0.651. The van der Waals surface area contributed by atoms with Crippen LogP contribution in [0.2, 0.25) is 0 Å². The van der Waals surface area contributed by atoms with Gasteiger partial charge in [-0.25, -0.2) is 9.13 Å². The minimum absolute atomic E-state index is 0.0101. The minimum Gasteiger partial charge on any atom is -0.237 e. The zero-order chi connectivity index (χ0) is 31.8. The molecule has 2 aromatic carbocycles. The van der Waals surface area contributed by atoms with Gasteiger partial charge in [-0.05, 0) is 43.2 Å². The van der Waals surface area contributed by atoms with Crippen molar-refractivity contribution in [2.75, 3.05) is 0 Å². The SMILES string of the molecule is CCCCCCCCCCCCCCCCC(n1cc[n+](CCCCCCCC)c1)C(C)(Cc1ccccc1)c1ccccc1. The van der Waals surface area contributed by atoms with Gasteiger partial charge in [-0.3, -0.25) is 0 Å². The Balaban J connectivity index is 1.58. The molecule has 0 aliphatic carbocycles. The Morgan fingerprint density at radius 3 is 1.58 bits per heavy atom. The summed E-state index contributed by atoms with van der Waals surface area (Å²) >= 11 is 0. The highest BCUT2D eigenvalue weighted by atomic mass is 15.1. The molecule has 2 nitrogen and oxygen atoms in total. The molecule has 1 heterocycles. The molecule has 0 saturated carbocycles. The largest absolute Gasteiger partial charge is 0.244 e. The number of aromatic nitrogens is 2. The van der Waals surface area contributed by atoms with Crippen molar-refractivity contribution in [1.29, 1.82) is 0 Å². The van der Waals surface area contributed by atoms with Crippen LogP contribution in [0.25, 0.3) is 0 Å². The first kappa shape index (κ1) is 37.1. The van der Waals surface area contributed by atoms with E-state index in [0.717, 1.165) is 13.0 Å². The Labute approximate surface area is 279 Å². The molecule has 2 unspecified atom stereocenters. The summed E-state index contributed by atoms with van der Waals surface area (Å²) in [6, 6.07) is 23.0.